The van der Waals surface area contributed by atoms with Crippen LogP contribution in [0, 0.1) is 0 Å². The number of carbonyl (C=O) groups is 2. The van der Waals surface area contributed by atoms with Crippen LogP contribution in [0.5, 0.6) is 0 Å². The zero-order valence-corrected chi connectivity index (χ0v) is 27.1. The van der Waals surface area contributed by atoms with Crippen molar-refractivity contribution in [1.82, 2.24) is 35.8 Å². The highest BCUT2D eigenvalue weighted by Crippen LogP contribution is 2.24. The summed E-state index contributed by atoms with van der Waals surface area (Å²) in [5.41, 5.74) is 3.92. The third-order valence-electron chi connectivity index (χ3n) is 8.46. The Morgan fingerprint density at radius 1 is 0.848 bits per heavy atom. The smallest absolute Gasteiger partial charge is 0.252 e. The molecule has 9 heteroatoms. The predicted octanol–water partition coefficient (Wildman–Crippen LogP) is 5.69. The molecule has 2 amide bonds. The second kappa shape index (κ2) is 16.7. The molecule has 0 aliphatic carbocycles. The van der Waals surface area contributed by atoms with Crippen molar-refractivity contribution in [2.45, 2.75) is 65.1 Å². The van der Waals surface area contributed by atoms with Gasteiger partial charge in [-0.25, -0.2) is 4.98 Å². The fourth-order valence-electron chi connectivity index (χ4n) is 6.20. The van der Waals surface area contributed by atoms with Crippen LogP contribution in [0.3, 0.4) is 0 Å². The summed E-state index contributed by atoms with van der Waals surface area (Å²) in [6.07, 6.45) is 9.84. The summed E-state index contributed by atoms with van der Waals surface area (Å²) in [5, 5.41) is 12.7. The molecule has 5 N–H and O–H groups in total. The lowest BCUT2D eigenvalue weighted by molar-refractivity contribution is -0.123. The third kappa shape index (κ3) is 8.62. The summed E-state index contributed by atoms with van der Waals surface area (Å²) < 4.78 is 0. The topological polar surface area (TPSA) is 118 Å². The van der Waals surface area contributed by atoms with E-state index in [0.717, 1.165) is 72.1 Å². The average molecular weight is 622 g/mol. The van der Waals surface area contributed by atoms with E-state index in [9.17, 15) is 9.59 Å². The van der Waals surface area contributed by atoms with Gasteiger partial charge in [0.15, 0.2) is 0 Å². The van der Waals surface area contributed by atoms with Gasteiger partial charge in [0.1, 0.15) is 11.9 Å². The molecule has 0 unspecified atom stereocenters. The van der Waals surface area contributed by atoms with Gasteiger partial charge in [-0.1, -0.05) is 62.4 Å². The first-order valence-electron chi connectivity index (χ1n) is 16.6. The normalized spacial score (nSPS) is 12.2. The van der Waals surface area contributed by atoms with E-state index < -0.39 is 6.04 Å². The molecule has 3 aromatic carbocycles. The van der Waals surface area contributed by atoms with Crippen LogP contribution in [-0.2, 0) is 24.3 Å². The van der Waals surface area contributed by atoms with E-state index in [1.165, 1.54) is 5.39 Å². The molecule has 0 spiro atoms. The molecule has 0 bridgehead atoms. The largest absolute Gasteiger partial charge is 0.361 e. The Hall–Kier alpha value is -4.47. The van der Waals surface area contributed by atoms with Crippen LogP contribution in [-0.4, -0.2) is 63.9 Å². The van der Waals surface area contributed by atoms with Crippen molar-refractivity contribution < 1.29 is 9.59 Å². The zero-order chi connectivity index (χ0) is 32.1. The third-order valence-corrected chi connectivity index (χ3v) is 8.46. The number of benzene rings is 3. The van der Waals surface area contributed by atoms with Gasteiger partial charge in [0, 0.05) is 48.1 Å². The molecule has 5 rings (SSSR count). The summed E-state index contributed by atoms with van der Waals surface area (Å²) in [6.45, 7) is 9.11. The maximum Gasteiger partial charge on any atom is 0.252 e. The van der Waals surface area contributed by atoms with E-state index in [1.54, 1.807) is 6.20 Å². The number of carbonyl (C=O) groups excluding carboxylic acids is 2. The van der Waals surface area contributed by atoms with Gasteiger partial charge in [-0.2, -0.15) is 0 Å². The van der Waals surface area contributed by atoms with E-state index >= 15 is 0 Å². The van der Waals surface area contributed by atoms with Crippen molar-refractivity contribution >= 4 is 33.5 Å². The van der Waals surface area contributed by atoms with Crippen LogP contribution in [0.4, 0.5) is 0 Å². The molecule has 242 valence electrons. The highest BCUT2D eigenvalue weighted by molar-refractivity contribution is 6.09. The van der Waals surface area contributed by atoms with E-state index in [1.807, 2.05) is 60.9 Å². The molecule has 2 heterocycles. The second-order valence-corrected chi connectivity index (χ2v) is 11.9. The monoisotopic (exact) mass is 621 g/mol. The zero-order valence-electron chi connectivity index (χ0n) is 27.1. The first kappa shape index (κ1) is 32.9. The Balaban J connectivity index is 1.27. The van der Waals surface area contributed by atoms with Crippen LogP contribution < -0.4 is 16.0 Å². The fraction of sp³-hybridized carbons (Fsp3) is 0.378. The summed E-state index contributed by atoms with van der Waals surface area (Å²) in [7, 11) is 0. The number of imidazole rings is 1. The molecule has 2 aromatic heterocycles. The molecule has 0 radical (unpaired) electrons. The van der Waals surface area contributed by atoms with Gasteiger partial charge in [-0.05, 0) is 85.8 Å². The molecule has 9 nitrogen and oxygen atoms in total. The molecule has 1 atom stereocenters. The van der Waals surface area contributed by atoms with E-state index in [4.69, 9.17) is 0 Å². The summed E-state index contributed by atoms with van der Waals surface area (Å²) >= 11 is 0. The number of rotatable bonds is 18. The molecule has 0 saturated heterocycles. The Kier molecular flexibility index (Phi) is 12.0. The number of fused-ring (bicyclic) bond motifs is 2. The Labute approximate surface area is 271 Å². The quantitative estimate of drug-likeness (QED) is 0.0862. The van der Waals surface area contributed by atoms with Crippen LogP contribution >= 0.6 is 0 Å². The molecule has 0 fully saturated rings. The molecule has 0 saturated carbocycles. The lowest BCUT2D eigenvalue weighted by atomic mass is 9.98. The van der Waals surface area contributed by atoms with Crippen LogP contribution in [0.15, 0.2) is 79.3 Å². The van der Waals surface area contributed by atoms with Crippen molar-refractivity contribution in [3.63, 3.8) is 0 Å². The van der Waals surface area contributed by atoms with Gasteiger partial charge in [0.2, 0.25) is 5.91 Å². The van der Waals surface area contributed by atoms with E-state index in [0.29, 0.717) is 38.0 Å². The van der Waals surface area contributed by atoms with Crippen molar-refractivity contribution in [1.29, 1.82) is 0 Å². The number of amides is 2. The van der Waals surface area contributed by atoms with E-state index in [-0.39, 0.29) is 11.8 Å². The summed E-state index contributed by atoms with van der Waals surface area (Å²) in [5.74, 6) is 0.495. The maximum absolute atomic E-state index is 13.8. The van der Waals surface area contributed by atoms with Crippen molar-refractivity contribution in [2.24, 2.45) is 0 Å². The van der Waals surface area contributed by atoms with Crippen molar-refractivity contribution in [2.75, 3.05) is 26.2 Å². The minimum Gasteiger partial charge on any atom is -0.361 e. The van der Waals surface area contributed by atoms with E-state index in [2.05, 4.69) is 61.8 Å². The predicted molar refractivity (Wildman–Crippen MR) is 186 cm³/mol. The number of aromatic amines is 2. The SMILES string of the molecule is CCCN(CCC)CCC[C@H](NC(=O)c1ccc(CNCc2ncc[nH]2)c2ccccc12)C(=O)NCCc1c[nH]c2ccccc12. The van der Waals surface area contributed by atoms with Crippen molar-refractivity contribution in [3.05, 3.63) is 102 Å². The number of hydrogen-bond acceptors (Lipinski definition) is 5. The number of aromatic nitrogens is 3. The molecular weight excluding hydrogens is 574 g/mol. The lowest BCUT2D eigenvalue weighted by Crippen LogP contribution is -2.47. The molecule has 0 aliphatic rings. The van der Waals surface area contributed by atoms with Crippen LogP contribution in [0.1, 0.15) is 66.8 Å². The van der Waals surface area contributed by atoms with Crippen LogP contribution in [0.2, 0.25) is 0 Å². The minimum absolute atomic E-state index is 0.145. The van der Waals surface area contributed by atoms with Gasteiger partial charge in [-0.3, -0.25) is 9.59 Å². The van der Waals surface area contributed by atoms with Gasteiger partial charge in [-0.15, -0.1) is 0 Å². The van der Waals surface area contributed by atoms with Crippen molar-refractivity contribution in [3.8, 4) is 0 Å². The molecular formula is C37H47N7O2. The standard InChI is InChI=1S/C37H47N7O2/c1-3-21-44(22-4-2)23-9-14-34(37(46)41-18-17-28-25-42-33-13-8-7-11-30(28)33)43-36(45)32-16-15-27(29-10-5-6-12-31(29)32)24-38-26-35-39-19-20-40-35/h5-8,10-13,15-16,19-20,25,34,38,42H,3-4,9,14,17-18,21-24,26H2,1-2H3,(H,39,40)(H,41,46)(H,43,45)/t34-/m0/s1. The first-order valence-corrected chi connectivity index (χ1v) is 16.6. The van der Waals surface area contributed by atoms with Gasteiger partial charge in [0.05, 0.1) is 6.54 Å². The number of nitrogens with zero attached hydrogens (tertiary/aromatic N) is 2. The number of H-pyrrole nitrogens is 2. The Morgan fingerprint density at radius 3 is 2.37 bits per heavy atom. The first-order chi connectivity index (χ1) is 22.6. The lowest BCUT2D eigenvalue weighted by Gasteiger charge is -2.23. The number of para-hydroxylation sites is 1. The molecule has 46 heavy (non-hydrogen) atoms. The highest BCUT2D eigenvalue weighted by Gasteiger charge is 2.23. The molecule has 0 aliphatic heterocycles. The Morgan fingerprint density at radius 2 is 1.61 bits per heavy atom. The van der Waals surface area contributed by atoms with Crippen LogP contribution in [0.25, 0.3) is 21.7 Å². The van der Waals surface area contributed by atoms with Gasteiger partial charge < -0.3 is 30.8 Å². The fourth-order valence-corrected chi connectivity index (χ4v) is 6.20. The van der Waals surface area contributed by atoms with Gasteiger partial charge in [0.25, 0.3) is 5.91 Å². The number of nitrogens with one attached hydrogen (secondary N) is 5. The average Bonchev–Trinajstić information content (AvgIpc) is 3.75. The highest BCUT2D eigenvalue weighted by atomic mass is 16.2. The molecule has 5 aromatic rings. The summed E-state index contributed by atoms with van der Waals surface area (Å²) in [6, 6.07) is 19.4. The minimum atomic E-state index is -0.631. The second-order valence-electron chi connectivity index (χ2n) is 11.9. The number of hydrogen-bond donors (Lipinski definition) is 5. The maximum atomic E-state index is 13.8. The Bertz CT molecular complexity index is 1690. The van der Waals surface area contributed by atoms with Gasteiger partial charge >= 0.3 is 0 Å². The summed E-state index contributed by atoms with van der Waals surface area (Å²) in [4.78, 5) is 40.6.